The van der Waals surface area contributed by atoms with E-state index < -0.39 is 16.1 Å². The van der Waals surface area contributed by atoms with Crippen molar-refractivity contribution < 1.29 is 17.5 Å². The maximum absolute atomic E-state index is 12.9. The molecule has 7 nitrogen and oxygen atoms in total. The molecule has 0 aliphatic rings. The van der Waals surface area contributed by atoms with Gasteiger partial charge in [-0.2, -0.15) is 13.5 Å². The van der Waals surface area contributed by atoms with Crippen LogP contribution in [-0.2, 0) is 14.4 Å². The largest absolute Gasteiger partial charge is 0.347 e. The zero-order chi connectivity index (χ0) is 22.3. The second-order valence-corrected chi connectivity index (χ2v) is 9.10. The maximum Gasteiger partial charge on any atom is 0.347 e. The van der Waals surface area contributed by atoms with E-state index in [9.17, 15) is 13.2 Å². The van der Waals surface area contributed by atoms with Crippen LogP contribution in [0.4, 0.5) is 10.5 Å². The molecule has 0 aliphatic heterocycles. The summed E-state index contributed by atoms with van der Waals surface area (Å²) in [5.41, 5.74) is 2.79. The van der Waals surface area contributed by atoms with Gasteiger partial charge in [0, 0.05) is 12.6 Å². The van der Waals surface area contributed by atoms with Gasteiger partial charge >= 0.3 is 16.1 Å². The molecule has 0 heterocycles. The van der Waals surface area contributed by atoms with E-state index in [2.05, 4.69) is 10.6 Å². The number of hydrogen-bond acceptors (Lipinski definition) is 5. The van der Waals surface area contributed by atoms with Crippen LogP contribution in [0.2, 0.25) is 0 Å². The fraction of sp³-hybridized carbons (Fsp3) is 0.409. The molecule has 0 radical (unpaired) electrons. The van der Waals surface area contributed by atoms with Gasteiger partial charge in [0.1, 0.15) is 0 Å². The predicted octanol–water partition coefficient (Wildman–Crippen LogP) is 3.84. The van der Waals surface area contributed by atoms with Crippen molar-refractivity contribution in [3.63, 3.8) is 0 Å². The molecule has 0 spiro atoms. The van der Waals surface area contributed by atoms with Crippen molar-refractivity contribution in [2.24, 2.45) is 0 Å². The minimum Gasteiger partial charge on any atom is -0.336 e. The van der Waals surface area contributed by atoms with E-state index in [0.717, 1.165) is 28.3 Å². The summed E-state index contributed by atoms with van der Waals surface area (Å²) in [6.45, 7) is 10.7. The number of aryl methyl sites for hydroxylation is 3. The second kappa shape index (κ2) is 10.6. The van der Waals surface area contributed by atoms with Gasteiger partial charge in [-0.25, -0.2) is 4.79 Å². The lowest BCUT2D eigenvalue weighted by molar-refractivity contribution is 0.214. The highest BCUT2D eigenvalue weighted by molar-refractivity contribution is 7.86. The number of nitrogens with zero attached hydrogens (tertiary/aromatic N) is 1. The molecular weight excluding hydrogens is 402 g/mol. The molecule has 30 heavy (non-hydrogen) atoms. The van der Waals surface area contributed by atoms with Gasteiger partial charge in [0.05, 0.1) is 10.6 Å². The van der Waals surface area contributed by atoms with E-state index in [1.54, 1.807) is 38.1 Å². The molecule has 2 amide bonds. The number of carbonyl (C=O) groups is 1. The average molecular weight is 434 g/mol. The third-order valence-electron chi connectivity index (χ3n) is 4.49. The molecule has 0 bridgehead atoms. The van der Waals surface area contributed by atoms with Gasteiger partial charge in [0.25, 0.3) is 0 Å². The van der Waals surface area contributed by atoms with Crippen LogP contribution >= 0.6 is 0 Å². The third-order valence-corrected chi connectivity index (χ3v) is 5.69. The number of hydrogen-bond donors (Lipinski definition) is 2. The van der Waals surface area contributed by atoms with Crippen LogP contribution in [0.15, 0.2) is 47.4 Å². The van der Waals surface area contributed by atoms with Crippen LogP contribution in [0.25, 0.3) is 0 Å². The normalized spacial score (nSPS) is 11.5. The number of amides is 2. The summed E-state index contributed by atoms with van der Waals surface area (Å²) in [5, 5.41) is 6.86. The molecule has 2 rings (SSSR count). The SMILES string of the molecule is Cc1ccc(S(=O)(=O)ON(C(=O)NCCCNC(C)C)c2c(C)cccc2C)cc1. The second-order valence-electron chi connectivity index (χ2n) is 7.57. The van der Waals surface area contributed by atoms with E-state index >= 15 is 0 Å². The van der Waals surface area contributed by atoms with E-state index in [1.165, 1.54) is 12.1 Å². The molecule has 2 N–H and O–H groups in total. The topological polar surface area (TPSA) is 87.7 Å². The van der Waals surface area contributed by atoms with E-state index in [4.69, 9.17) is 4.28 Å². The Hall–Kier alpha value is -2.42. The summed E-state index contributed by atoms with van der Waals surface area (Å²) in [6, 6.07) is 11.5. The molecule has 0 unspecified atom stereocenters. The standard InChI is InChI=1S/C22H31N3O4S/c1-16(2)23-14-7-15-24-22(26)25(21-18(4)8-6-9-19(21)5)29-30(27,28)20-12-10-17(3)11-13-20/h6,8-13,16,23H,7,14-15H2,1-5H3,(H,24,26). The molecule has 2 aromatic carbocycles. The fourth-order valence-electron chi connectivity index (χ4n) is 2.89. The van der Waals surface area contributed by atoms with E-state index in [0.29, 0.717) is 24.7 Å². The van der Waals surface area contributed by atoms with Gasteiger partial charge in [-0.3, -0.25) is 0 Å². The summed E-state index contributed by atoms with van der Waals surface area (Å²) in [6.07, 6.45) is 0.704. The van der Waals surface area contributed by atoms with E-state index in [-0.39, 0.29) is 4.90 Å². The number of anilines is 1. The van der Waals surface area contributed by atoms with Gasteiger partial charge in [0.15, 0.2) is 0 Å². The Morgan fingerprint density at radius 3 is 2.17 bits per heavy atom. The Kier molecular flexibility index (Phi) is 8.40. The van der Waals surface area contributed by atoms with Gasteiger partial charge in [-0.05, 0) is 57.0 Å². The zero-order valence-corrected chi connectivity index (χ0v) is 19.0. The van der Waals surface area contributed by atoms with Crippen molar-refractivity contribution in [2.45, 2.75) is 52.0 Å². The zero-order valence-electron chi connectivity index (χ0n) is 18.2. The van der Waals surface area contributed by atoms with Crippen molar-refractivity contribution in [3.8, 4) is 0 Å². The molecule has 0 saturated carbocycles. The lowest BCUT2D eigenvalue weighted by atomic mass is 10.1. The molecular formula is C22H31N3O4S. The van der Waals surface area contributed by atoms with Crippen LogP contribution in [0.3, 0.4) is 0 Å². The lowest BCUT2D eigenvalue weighted by Gasteiger charge is -2.24. The average Bonchev–Trinajstić information content (AvgIpc) is 2.66. The van der Waals surface area contributed by atoms with Crippen molar-refractivity contribution in [1.82, 2.24) is 10.6 Å². The molecule has 0 aromatic heterocycles. The Morgan fingerprint density at radius 2 is 1.60 bits per heavy atom. The van der Waals surface area contributed by atoms with Crippen molar-refractivity contribution in [3.05, 3.63) is 59.2 Å². The number of benzene rings is 2. The molecule has 2 aromatic rings. The van der Waals surface area contributed by atoms with Crippen molar-refractivity contribution >= 4 is 21.8 Å². The monoisotopic (exact) mass is 433 g/mol. The Balaban J connectivity index is 2.26. The lowest BCUT2D eigenvalue weighted by Crippen LogP contribution is -2.43. The summed E-state index contributed by atoms with van der Waals surface area (Å²) in [7, 11) is -4.20. The van der Waals surface area contributed by atoms with Gasteiger partial charge in [-0.15, -0.1) is 4.28 Å². The first-order chi connectivity index (χ1) is 14.1. The quantitative estimate of drug-likeness (QED) is 0.463. The first kappa shape index (κ1) is 23.9. The number of rotatable bonds is 9. The third kappa shape index (κ3) is 6.55. The smallest absolute Gasteiger partial charge is 0.336 e. The minimum atomic E-state index is -4.20. The van der Waals surface area contributed by atoms with Crippen LogP contribution in [0, 0.1) is 20.8 Å². The predicted molar refractivity (Wildman–Crippen MR) is 119 cm³/mol. The van der Waals surface area contributed by atoms with Crippen LogP contribution < -0.4 is 15.7 Å². The first-order valence-corrected chi connectivity index (χ1v) is 11.4. The summed E-state index contributed by atoms with van der Waals surface area (Å²) in [4.78, 5) is 12.9. The van der Waals surface area contributed by atoms with E-state index in [1.807, 2.05) is 26.8 Å². The highest BCUT2D eigenvalue weighted by atomic mass is 32.2. The van der Waals surface area contributed by atoms with Crippen LogP contribution in [0.1, 0.15) is 37.0 Å². The molecule has 0 atom stereocenters. The number of para-hydroxylation sites is 1. The number of hydroxylamine groups is 1. The van der Waals surface area contributed by atoms with Crippen molar-refractivity contribution in [2.75, 3.05) is 18.2 Å². The minimum absolute atomic E-state index is 0.0155. The number of nitrogens with one attached hydrogen (secondary N) is 2. The molecule has 0 saturated heterocycles. The Bertz CT molecular complexity index is 937. The van der Waals surface area contributed by atoms with Crippen LogP contribution in [-0.4, -0.2) is 33.6 Å². The highest BCUT2D eigenvalue weighted by Crippen LogP contribution is 2.27. The van der Waals surface area contributed by atoms with Gasteiger partial charge < -0.3 is 10.6 Å². The Labute approximate surface area is 179 Å². The Morgan fingerprint density at radius 1 is 1.00 bits per heavy atom. The highest BCUT2D eigenvalue weighted by Gasteiger charge is 2.28. The summed E-state index contributed by atoms with van der Waals surface area (Å²) < 4.78 is 31.0. The maximum atomic E-state index is 12.9. The molecule has 164 valence electrons. The molecule has 8 heteroatoms. The fourth-order valence-corrected chi connectivity index (χ4v) is 3.78. The van der Waals surface area contributed by atoms with Gasteiger partial charge in [0.2, 0.25) is 0 Å². The summed E-state index contributed by atoms with van der Waals surface area (Å²) in [5.74, 6) is 0. The molecule has 0 fully saturated rings. The summed E-state index contributed by atoms with van der Waals surface area (Å²) >= 11 is 0. The van der Waals surface area contributed by atoms with Gasteiger partial charge in [-0.1, -0.05) is 49.7 Å². The number of urea groups is 1. The first-order valence-electron chi connectivity index (χ1n) is 10.0. The van der Waals surface area contributed by atoms with Crippen LogP contribution in [0.5, 0.6) is 0 Å². The molecule has 0 aliphatic carbocycles. The number of carbonyl (C=O) groups excluding carboxylic acids is 1. The van der Waals surface area contributed by atoms with Crippen molar-refractivity contribution in [1.29, 1.82) is 0 Å².